The first-order valence-corrected chi connectivity index (χ1v) is 14.1. The van der Waals surface area contributed by atoms with Crippen molar-refractivity contribution in [1.29, 1.82) is 0 Å². The number of sulfonamides is 1. The van der Waals surface area contributed by atoms with Gasteiger partial charge in [-0.15, -0.1) is 0 Å². The molecular weight excluding hydrogens is 508 g/mol. The molecule has 0 aromatic heterocycles. The molecule has 3 amide bonds. The van der Waals surface area contributed by atoms with Gasteiger partial charge in [0.05, 0.1) is 28.3 Å². The fourth-order valence-corrected chi connectivity index (χ4v) is 5.33. The van der Waals surface area contributed by atoms with Gasteiger partial charge in [-0.05, 0) is 45.0 Å². The molecule has 0 aliphatic carbocycles. The molecule has 11 heteroatoms. The first-order valence-electron chi connectivity index (χ1n) is 12.6. The minimum absolute atomic E-state index is 0.0461. The Balaban J connectivity index is 1.98. The zero-order valence-corrected chi connectivity index (χ0v) is 23.6. The Kier molecular flexibility index (Phi) is 9.61. The number of hydrogen-bond acceptors (Lipinski definition) is 6. The smallest absolute Gasteiger partial charge is 0.317 e. The molecule has 2 aromatic rings. The number of urea groups is 1. The lowest BCUT2D eigenvalue weighted by Crippen LogP contribution is -2.52. The lowest BCUT2D eigenvalue weighted by molar-refractivity contribution is 0.0165. The van der Waals surface area contributed by atoms with E-state index in [1.54, 1.807) is 48.2 Å². The molecule has 0 saturated carbocycles. The van der Waals surface area contributed by atoms with Gasteiger partial charge >= 0.3 is 6.03 Å². The fourth-order valence-electron chi connectivity index (χ4n) is 4.26. The topological polar surface area (TPSA) is 117 Å². The minimum Gasteiger partial charge on any atom is -0.491 e. The van der Waals surface area contributed by atoms with Gasteiger partial charge in [-0.25, -0.2) is 13.2 Å². The van der Waals surface area contributed by atoms with Crippen molar-refractivity contribution in [3.63, 3.8) is 0 Å². The van der Waals surface area contributed by atoms with Gasteiger partial charge < -0.3 is 24.6 Å². The number of anilines is 1. The number of methoxy groups -OCH3 is 1. The predicted molar refractivity (Wildman–Crippen MR) is 146 cm³/mol. The van der Waals surface area contributed by atoms with Crippen LogP contribution in [0.25, 0.3) is 0 Å². The Morgan fingerprint density at radius 1 is 1.11 bits per heavy atom. The Morgan fingerprint density at radius 2 is 1.79 bits per heavy atom. The highest BCUT2D eigenvalue weighted by Crippen LogP contribution is 2.28. The van der Waals surface area contributed by atoms with Crippen molar-refractivity contribution in [2.24, 2.45) is 5.92 Å². The Bertz CT molecular complexity index is 1220. The average molecular weight is 547 g/mol. The first-order chi connectivity index (χ1) is 17.9. The van der Waals surface area contributed by atoms with Crippen molar-refractivity contribution < 1.29 is 27.5 Å². The maximum absolute atomic E-state index is 13.4. The largest absolute Gasteiger partial charge is 0.491 e. The molecule has 0 unspecified atom stereocenters. The number of amides is 3. The summed E-state index contributed by atoms with van der Waals surface area (Å²) in [6.07, 6.45) is -0.314. The molecule has 0 fully saturated rings. The zero-order valence-electron chi connectivity index (χ0n) is 22.8. The van der Waals surface area contributed by atoms with Gasteiger partial charge in [0.2, 0.25) is 0 Å². The SMILES string of the molecule is CO[C@H]1CN(C)C(=O)c2ccc(NS(=O)(=O)c3ccccc3)cc2OC[C@@H](C)N(C(=O)NC(C)C)C[C@@H]1C. The highest BCUT2D eigenvalue weighted by atomic mass is 32.2. The highest BCUT2D eigenvalue weighted by Gasteiger charge is 2.30. The highest BCUT2D eigenvalue weighted by molar-refractivity contribution is 7.92. The molecule has 2 aromatic carbocycles. The van der Waals surface area contributed by atoms with E-state index in [0.29, 0.717) is 13.1 Å². The van der Waals surface area contributed by atoms with E-state index in [0.717, 1.165) is 0 Å². The van der Waals surface area contributed by atoms with Gasteiger partial charge in [0.25, 0.3) is 15.9 Å². The maximum atomic E-state index is 13.4. The van der Waals surface area contributed by atoms with Crippen molar-refractivity contribution in [3.05, 3.63) is 54.1 Å². The molecule has 2 N–H and O–H groups in total. The van der Waals surface area contributed by atoms with Gasteiger partial charge in [-0.2, -0.15) is 0 Å². The second-order valence-corrected chi connectivity index (χ2v) is 11.7. The van der Waals surface area contributed by atoms with Crippen LogP contribution in [0.1, 0.15) is 38.1 Å². The second-order valence-electron chi connectivity index (χ2n) is 9.98. The van der Waals surface area contributed by atoms with E-state index in [9.17, 15) is 18.0 Å². The van der Waals surface area contributed by atoms with Crippen LogP contribution in [-0.4, -0.2) is 82.2 Å². The molecule has 1 heterocycles. The van der Waals surface area contributed by atoms with Crippen LogP contribution in [0.2, 0.25) is 0 Å². The zero-order chi connectivity index (χ0) is 28.0. The van der Waals surface area contributed by atoms with E-state index in [4.69, 9.17) is 9.47 Å². The van der Waals surface area contributed by atoms with Crippen LogP contribution >= 0.6 is 0 Å². The monoisotopic (exact) mass is 546 g/mol. The summed E-state index contributed by atoms with van der Waals surface area (Å²) in [6.45, 7) is 8.43. The normalized spacial score (nSPS) is 21.1. The summed E-state index contributed by atoms with van der Waals surface area (Å²) in [5.41, 5.74) is 0.532. The van der Waals surface area contributed by atoms with Gasteiger partial charge in [-0.1, -0.05) is 25.1 Å². The molecule has 1 aliphatic heterocycles. The third-order valence-electron chi connectivity index (χ3n) is 6.43. The maximum Gasteiger partial charge on any atom is 0.317 e. The Morgan fingerprint density at radius 3 is 2.42 bits per heavy atom. The average Bonchev–Trinajstić information content (AvgIpc) is 2.87. The number of benzene rings is 2. The summed E-state index contributed by atoms with van der Waals surface area (Å²) >= 11 is 0. The first kappa shape index (κ1) is 29.2. The molecule has 10 nitrogen and oxygen atoms in total. The fraction of sp³-hybridized carbons (Fsp3) is 0.481. The van der Waals surface area contributed by atoms with E-state index < -0.39 is 10.0 Å². The van der Waals surface area contributed by atoms with E-state index in [1.165, 1.54) is 24.3 Å². The van der Waals surface area contributed by atoms with Gasteiger partial charge in [0, 0.05) is 45.3 Å². The van der Waals surface area contributed by atoms with Crippen molar-refractivity contribution >= 4 is 27.6 Å². The predicted octanol–water partition coefficient (Wildman–Crippen LogP) is 3.41. The number of hydrogen-bond donors (Lipinski definition) is 2. The van der Waals surface area contributed by atoms with Gasteiger partial charge in [-0.3, -0.25) is 9.52 Å². The van der Waals surface area contributed by atoms with Crippen LogP contribution in [0.4, 0.5) is 10.5 Å². The van der Waals surface area contributed by atoms with Crippen molar-refractivity contribution in [3.8, 4) is 5.75 Å². The van der Waals surface area contributed by atoms with Crippen LogP contribution in [0, 0.1) is 5.92 Å². The molecule has 3 rings (SSSR count). The standard InChI is InChI=1S/C27H38N4O6S/c1-18(2)28-27(33)31-15-19(3)25(36-6)16-30(5)26(32)23-13-12-21(14-24(23)37-17-20(31)4)29-38(34,35)22-10-8-7-9-11-22/h7-14,18-20,25,29H,15-17H2,1-6H3,(H,28,33)/t19-,20+,25-/m0/s1. The summed E-state index contributed by atoms with van der Waals surface area (Å²) in [5, 5.41) is 2.94. The molecule has 1 aliphatic rings. The van der Waals surface area contributed by atoms with Crippen LogP contribution in [0.3, 0.4) is 0 Å². The minimum atomic E-state index is -3.84. The number of fused-ring (bicyclic) bond motifs is 1. The Hall–Kier alpha value is -3.31. The molecule has 0 radical (unpaired) electrons. The summed E-state index contributed by atoms with van der Waals surface area (Å²) in [6, 6.07) is 12.0. The van der Waals surface area contributed by atoms with Crippen molar-refractivity contribution in [2.45, 2.75) is 50.8 Å². The summed E-state index contributed by atoms with van der Waals surface area (Å²) < 4.78 is 40.1. The Labute approximate surface area is 225 Å². The van der Waals surface area contributed by atoms with Crippen molar-refractivity contribution in [2.75, 3.05) is 38.6 Å². The van der Waals surface area contributed by atoms with E-state index in [-0.39, 0.29) is 64.5 Å². The molecule has 3 atom stereocenters. The number of nitrogens with one attached hydrogen (secondary N) is 2. The third-order valence-corrected chi connectivity index (χ3v) is 7.82. The van der Waals surface area contributed by atoms with E-state index in [2.05, 4.69) is 10.0 Å². The number of ether oxygens (including phenoxy) is 2. The number of carbonyl (C=O) groups is 2. The van der Waals surface area contributed by atoms with Gasteiger partial charge in [0.1, 0.15) is 12.4 Å². The van der Waals surface area contributed by atoms with Crippen LogP contribution in [0.15, 0.2) is 53.4 Å². The van der Waals surface area contributed by atoms with E-state index in [1.807, 2.05) is 27.7 Å². The quantitative estimate of drug-likeness (QED) is 0.594. The summed E-state index contributed by atoms with van der Waals surface area (Å²) in [4.78, 5) is 29.8. The lowest BCUT2D eigenvalue weighted by Gasteiger charge is -2.36. The molecule has 38 heavy (non-hydrogen) atoms. The molecule has 0 bridgehead atoms. The second kappa shape index (κ2) is 12.5. The van der Waals surface area contributed by atoms with Crippen molar-refractivity contribution in [1.82, 2.24) is 15.1 Å². The molecular formula is C27H38N4O6S. The molecule has 0 spiro atoms. The number of carbonyl (C=O) groups excluding carboxylic acids is 2. The van der Waals surface area contributed by atoms with Crippen LogP contribution < -0.4 is 14.8 Å². The third kappa shape index (κ3) is 7.16. The van der Waals surface area contributed by atoms with Gasteiger partial charge in [0.15, 0.2) is 0 Å². The number of rotatable bonds is 5. The van der Waals surface area contributed by atoms with E-state index >= 15 is 0 Å². The lowest BCUT2D eigenvalue weighted by atomic mass is 10.0. The molecule has 208 valence electrons. The molecule has 0 saturated heterocycles. The number of nitrogens with zero attached hydrogens (tertiary/aromatic N) is 2. The number of likely N-dealkylation sites (N-methyl/N-ethyl adjacent to an activating group) is 1. The van der Waals surface area contributed by atoms with Crippen LogP contribution in [0.5, 0.6) is 5.75 Å². The summed E-state index contributed by atoms with van der Waals surface area (Å²) in [7, 11) is -0.574. The summed E-state index contributed by atoms with van der Waals surface area (Å²) in [5.74, 6) is -0.132. The van der Waals surface area contributed by atoms with Crippen LogP contribution in [-0.2, 0) is 14.8 Å².